The van der Waals surface area contributed by atoms with Gasteiger partial charge in [-0.25, -0.2) is 27.4 Å². The van der Waals surface area contributed by atoms with E-state index in [2.05, 4.69) is 9.98 Å². The Hall–Kier alpha value is -2.27. The molecule has 0 saturated carbocycles. The Balaban J connectivity index is 1.53. The van der Waals surface area contributed by atoms with Crippen molar-refractivity contribution in [3.8, 4) is 5.75 Å². The summed E-state index contributed by atoms with van der Waals surface area (Å²) in [5.74, 6) is 0.428. The molecule has 0 aliphatic carbocycles. The van der Waals surface area contributed by atoms with Crippen LogP contribution in [0.25, 0.3) is 0 Å². The van der Waals surface area contributed by atoms with E-state index >= 15 is 0 Å². The number of amides is 1. The molecule has 0 spiro atoms. The Morgan fingerprint density at radius 3 is 2.48 bits per heavy atom. The molecule has 1 fully saturated rings. The van der Waals surface area contributed by atoms with Gasteiger partial charge in [-0.15, -0.1) is 0 Å². The Morgan fingerprint density at radius 1 is 1.26 bits per heavy atom. The molecule has 0 aromatic carbocycles. The van der Waals surface area contributed by atoms with Gasteiger partial charge in [-0.05, 0) is 45.7 Å². The van der Waals surface area contributed by atoms with Crippen molar-refractivity contribution in [2.75, 3.05) is 26.0 Å². The average Bonchev–Trinajstić information content (AvgIpc) is 3.05. The fourth-order valence-electron chi connectivity index (χ4n) is 3.18. The number of rotatable bonds is 5. The number of nitrogens with zero attached hydrogens (tertiary/aromatic N) is 3. The van der Waals surface area contributed by atoms with Gasteiger partial charge in [0.2, 0.25) is 0 Å². The third-order valence-corrected chi connectivity index (χ3v) is 7.00. The summed E-state index contributed by atoms with van der Waals surface area (Å²) >= 11 is 0. The highest BCUT2D eigenvalue weighted by atomic mass is 32.2. The van der Waals surface area contributed by atoms with Gasteiger partial charge in [0.15, 0.2) is 14.9 Å². The van der Waals surface area contributed by atoms with Crippen molar-refractivity contribution in [2.45, 2.75) is 44.2 Å². The van der Waals surface area contributed by atoms with Gasteiger partial charge in [-0.3, -0.25) is 0 Å². The summed E-state index contributed by atoms with van der Waals surface area (Å²) in [6.45, 7) is 6.66. The molecule has 3 heterocycles. The molecule has 31 heavy (non-hydrogen) atoms. The number of carbonyl (C=O) groups excluding carboxylic acids is 1. The number of sulfone groups is 1. The van der Waals surface area contributed by atoms with E-state index in [0.717, 1.165) is 6.26 Å². The average molecular weight is 470 g/mol. The van der Waals surface area contributed by atoms with Crippen molar-refractivity contribution >= 4 is 31.8 Å². The highest BCUT2D eigenvalue weighted by Gasteiger charge is 2.32. The molecule has 1 atom stereocenters. The zero-order valence-corrected chi connectivity index (χ0v) is 19.7. The lowest BCUT2D eigenvalue weighted by molar-refractivity contribution is 0.0202. The van der Waals surface area contributed by atoms with Crippen molar-refractivity contribution in [3.05, 3.63) is 29.4 Å². The van der Waals surface area contributed by atoms with Gasteiger partial charge >= 0.3 is 6.09 Å². The van der Waals surface area contributed by atoms with E-state index in [-0.39, 0.29) is 23.6 Å². The molecule has 2 aliphatic heterocycles. The second-order valence-corrected chi connectivity index (χ2v) is 11.7. The van der Waals surface area contributed by atoms with Gasteiger partial charge in [-0.1, -0.05) is 0 Å². The van der Waals surface area contributed by atoms with Gasteiger partial charge in [-0.2, -0.15) is 0 Å². The first-order valence-corrected chi connectivity index (χ1v) is 13.0. The fourth-order valence-corrected chi connectivity index (χ4v) is 5.00. The predicted octanol–water partition coefficient (Wildman–Crippen LogP) is 2.51. The van der Waals surface area contributed by atoms with Crippen molar-refractivity contribution in [3.63, 3.8) is 0 Å². The summed E-state index contributed by atoms with van der Waals surface area (Å²) in [6, 6.07) is 2.89. The minimum atomic E-state index is -3.37. The normalized spacial score (nSPS) is 20.3. The predicted molar refractivity (Wildman–Crippen MR) is 117 cm³/mol. The number of aliphatic imine (C=N–C) groups is 1. The number of hydrogen-bond donors (Lipinski definition) is 0. The van der Waals surface area contributed by atoms with Gasteiger partial charge in [0.1, 0.15) is 23.0 Å². The second-order valence-electron chi connectivity index (χ2n) is 8.49. The van der Waals surface area contributed by atoms with E-state index < -0.39 is 26.2 Å². The summed E-state index contributed by atoms with van der Waals surface area (Å²) < 4.78 is 46.4. The van der Waals surface area contributed by atoms with E-state index in [9.17, 15) is 17.4 Å². The molecule has 1 saturated heterocycles. The molecule has 1 amide bonds. The van der Waals surface area contributed by atoms with Crippen LogP contribution in [0.5, 0.6) is 5.75 Å². The third kappa shape index (κ3) is 6.36. The third-order valence-electron chi connectivity index (χ3n) is 4.67. The maximum Gasteiger partial charge on any atom is 0.410 e. The van der Waals surface area contributed by atoms with Gasteiger partial charge in [0.05, 0.1) is 22.7 Å². The minimum Gasteiger partial charge on any atom is -0.486 e. The number of aromatic nitrogens is 1. The number of pyridine rings is 1. The largest absolute Gasteiger partial charge is 0.486 e. The van der Waals surface area contributed by atoms with Crippen molar-refractivity contribution in [1.82, 2.24) is 9.88 Å². The molecule has 1 aromatic rings. The number of hydrogen-bond acceptors (Lipinski definition) is 8. The Kier molecular flexibility index (Phi) is 6.85. The monoisotopic (exact) mass is 469 g/mol. The molecular formula is C20H27N3O6S2. The van der Waals surface area contributed by atoms with E-state index in [1.165, 1.54) is 18.3 Å². The molecule has 0 radical (unpaired) electrons. The first-order valence-electron chi connectivity index (χ1n) is 9.89. The lowest BCUT2D eigenvalue weighted by atomic mass is 9.98. The summed E-state index contributed by atoms with van der Waals surface area (Å²) in [6.07, 6.45) is 3.43. The van der Waals surface area contributed by atoms with E-state index in [1.807, 2.05) is 20.8 Å². The van der Waals surface area contributed by atoms with E-state index in [4.69, 9.17) is 9.47 Å². The topological polar surface area (TPSA) is 115 Å². The maximum absolute atomic E-state index is 12.5. The quantitative estimate of drug-likeness (QED) is 0.651. The molecule has 9 nitrogen and oxygen atoms in total. The van der Waals surface area contributed by atoms with Crippen LogP contribution in [0.1, 0.15) is 33.6 Å². The van der Waals surface area contributed by atoms with E-state index in [1.54, 1.807) is 10.3 Å². The number of ether oxygens (including phenoxy) is 2. The van der Waals surface area contributed by atoms with Gasteiger partial charge in [0.25, 0.3) is 0 Å². The van der Waals surface area contributed by atoms with Crippen LogP contribution < -0.4 is 4.74 Å². The molecule has 1 unspecified atom stereocenters. The number of likely N-dealkylation sites (tertiary alicyclic amines) is 1. The van der Waals surface area contributed by atoms with Crippen LogP contribution in [-0.2, 0) is 25.4 Å². The highest BCUT2D eigenvalue weighted by molar-refractivity contribution is 8.03. The molecule has 2 aliphatic rings. The molecule has 0 bridgehead atoms. The summed E-state index contributed by atoms with van der Waals surface area (Å²) in [4.78, 5) is 22.2. The van der Waals surface area contributed by atoms with Crippen molar-refractivity contribution < 1.29 is 26.9 Å². The van der Waals surface area contributed by atoms with E-state index in [0.29, 0.717) is 42.4 Å². The highest BCUT2D eigenvalue weighted by Crippen LogP contribution is 2.27. The second kappa shape index (κ2) is 9.07. The molecule has 1 aromatic heterocycles. The van der Waals surface area contributed by atoms with Crippen LogP contribution in [0.4, 0.5) is 4.79 Å². The molecular weight excluding hydrogens is 442 g/mol. The standard InChI is InChI=1S/C20H27N3O6S2/c1-20(2,3)29-19(24)23-9-7-14(8-10-23)18-22-15(13-30(18)25)12-28-16-5-6-17(21-11-16)31(4,26)27/h5-6,11,13-14H,7-10,12H2,1-4H3. The Bertz CT molecular complexity index is 1020. The first-order chi connectivity index (χ1) is 14.4. The molecule has 11 heteroatoms. The minimum absolute atomic E-state index is 0.0286. The summed E-state index contributed by atoms with van der Waals surface area (Å²) in [5, 5.41) is 2.14. The van der Waals surface area contributed by atoms with Crippen LogP contribution in [0, 0.1) is 5.92 Å². The van der Waals surface area contributed by atoms with Crippen LogP contribution in [0.15, 0.2) is 39.5 Å². The SMILES string of the molecule is CC(C)(C)OC(=O)N1CCC(C2=NC(COc3ccc(S(C)(=O)=O)nc3)=CS2=O)CC1. The zero-order chi connectivity index (χ0) is 22.8. The van der Waals surface area contributed by atoms with Gasteiger partial charge < -0.3 is 14.4 Å². The Morgan fingerprint density at radius 2 is 1.94 bits per heavy atom. The smallest absolute Gasteiger partial charge is 0.410 e. The summed E-state index contributed by atoms with van der Waals surface area (Å²) in [5.41, 5.74) is 0.0137. The molecule has 0 N–H and O–H groups in total. The van der Waals surface area contributed by atoms with Gasteiger partial charge in [0, 0.05) is 30.7 Å². The lowest BCUT2D eigenvalue weighted by Gasteiger charge is -2.33. The van der Waals surface area contributed by atoms with Crippen molar-refractivity contribution in [1.29, 1.82) is 0 Å². The number of carbonyl (C=O) groups is 1. The van der Waals surface area contributed by atoms with Crippen LogP contribution >= 0.6 is 0 Å². The zero-order valence-electron chi connectivity index (χ0n) is 18.0. The lowest BCUT2D eigenvalue weighted by Crippen LogP contribution is -2.43. The Labute approximate surface area is 184 Å². The maximum atomic E-state index is 12.5. The number of piperidine rings is 1. The van der Waals surface area contributed by atoms with Crippen LogP contribution in [0.3, 0.4) is 0 Å². The summed E-state index contributed by atoms with van der Waals surface area (Å²) in [7, 11) is -4.69. The van der Waals surface area contributed by atoms with Crippen molar-refractivity contribution in [2.24, 2.45) is 10.9 Å². The van der Waals surface area contributed by atoms with Crippen LogP contribution in [-0.4, -0.2) is 65.2 Å². The molecule has 3 rings (SSSR count). The van der Waals surface area contributed by atoms with Crippen LogP contribution in [0.2, 0.25) is 0 Å². The first kappa shape index (κ1) is 23.4. The molecule has 170 valence electrons. The fraction of sp³-hybridized carbons (Fsp3) is 0.550.